The molecule has 0 saturated heterocycles. The lowest BCUT2D eigenvalue weighted by Crippen LogP contribution is -2.45. The van der Waals surface area contributed by atoms with E-state index in [0.29, 0.717) is 17.4 Å². The zero-order valence-electron chi connectivity index (χ0n) is 48.9. The first-order valence-corrected chi connectivity index (χ1v) is 33.2. The highest BCUT2D eigenvalue weighted by atomic mass is 31.2. The van der Waals surface area contributed by atoms with Crippen molar-refractivity contribution in [3.63, 3.8) is 0 Å². The molecule has 0 heterocycles. The Kier molecular flexibility index (Phi) is 54.0. The molecule has 0 aliphatic rings. The van der Waals surface area contributed by atoms with Crippen LogP contribution in [0.25, 0.3) is 0 Å². The third-order valence-electron chi connectivity index (χ3n) is 14.7. The van der Waals surface area contributed by atoms with E-state index in [2.05, 4.69) is 31.3 Å². The van der Waals surface area contributed by atoms with E-state index in [9.17, 15) is 19.4 Å². The summed E-state index contributed by atoms with van der Waals surface area (Å²) in [5, 5.41) is 13.9. The van der Waals surface area contributed by atoms with E-state index in [-0.39, 0.29) is 19.1 Å². The van der Waals surface area contributed by atoms with Gasteiger partial charge in [-0.1, -0.05) is 295 Å². The van der Waals surface area contributed by atoms with E-state index >= 15 is 0 Å². The van der Waals surface area contributed by atoms with Crippen LogP contribution in [-0.2, 0) is 18.4 Å². The van der Waals surface area contributed by atoms with Crippen LogP contribution in [0.5, 0.6) is 0 Å². The fourth-order valence-electron chi connectivity index (χ4n) is 9.68. The number of aliphatic hydroxyl groups excluding tert-OH is 1. The SMILES string of the molecule is CCCCCCCCCCCCCC/C=C\CCCCCCCCCCCCCCCCC(=O)NC(COP(=O)([O-])OCC[N+](C)(C)C)C(O)/C=C/CCCCCCCCCCCCCCCCCCCC. The Labute approximate surface area is 449 Å². The van der Waals surface area contributed by atoms with Crippen molar-refractivity contribution in [1.29, 1.82) is 0 Å². The summed E-state index contributed by atoms with van der Waals surface area (Å²) in [6.45, 7) is 4.70. The summed E-state index contributed by atoms with van der Waals surface area (Å²) in [7, 11) is 1.28. The minimum Gasteiger partial charge on any atom is -0.756 e. The van der Waals surface area contributed by atoms with Crippen LogP contribution in [0.2, 0.25) is 0 Å². The number of unbranched alkanes of at least 4 members (excludes halogenated alkanes) is 44. The average molecular weight is 1040 g/mol. The lowest BCUT2D eigenvalue weighted by molar-refractivity contribution is -0.870. The maximum absolute atomic E-state index is 13.0. The molecule has 0 rings (SSSR count). The van der Waals surface area contributed by atoms with Crippen LogP contribution in [-0.4, -0.2) is 68.5 Å². The van der Waals surface area contributed by atoms with Crippen LogP contribution in [0.1, 0.15) is 322 Å². The Hall–Kier alpha value is -1.02. The summed E-state index contributed by atoms with van der Waals surface area (Å²) in [4.78, 5) is 25.5. The number of amides is 1. The predicted octanol–water partition coefficient (Wildman–Crippen LogP) is 18.9. The smallest absolute Gasteiger partial charge is 0.268 e. The van der Waals surface area contributed by atoms with Gasteiger partial charge in [-0.15, -0.1) is 0 Å². The van der Waals surface area contributed by atoms with E-state index in [1.165, 1.54) is 263 Å². The zero-order valence-corrected chi connectivity index (χ0v) is 49.8. The summed E-state index contributed by atoms with van der Waals surface area (Å²) in [5.41, 5.74) is 0. The van der Waals surface area contributed by atoms with Crippen molar-refractivity contribution in [3.05, 3.63) is 24.3 Å². The number of rotatable bonds is 59. The number of hydrogen-bond acceptors (Lipinski definition) is 6. The lowest BCUT2D eigenvalue weighted by Gasteiger charge is -2.29. The van der Waals surface area contributed by atoms with Gasteiger partial charge >= 0.3 is 0 Å². The second-order valence-electron chi connectivity index (χ2n) is 23.1. The molecule has 0 aliphatic carbocycles. The first-order valence-electron chi connectivity index (χ1n) is 31.7. The van der Waals surface area contributed by atoms with Gasteiger partial charge in [0, 0.05) is 6.42 Å². The Morgan fingerprint density at radius 3 is 1.08 bits per heavy atom. The van der Waals surface area contributed by atoms with Crippen molar-refractivity contribution in [2.24, 2.45) is 0 Å². The third-order valence-corrected chi connectivity index (χ3v) is 15.6. The molecule has 0 aromatic rings. The highest BCUT2D eigenvalue weighted by Crippen LogP contribution is 2.38. The molecule has 0 saturated carbocycles. The molecular formula is C63H125N2O6P. The molecule has 3 atom stereocenters. The zero-order chi connectivity index (χ0) is 52.7. The standard InChI is InChI=1S/C63H125N2O6P/c1-6-8-10-12-14-16-18-20-22-24-26-28-29-30-31-32-33-34-35-36-37-39-41-43-45-47-49-51-53-55-57-63(67)64-61(60-71-72(68,69)70-59-58-65(3,4)5)62(66)56-54-52-50-48-46-44-42-40-38-27-25-23-21-19-17-15-13-11-9-7-2/h30-31,54,56,61-62,66H,6-29,32-53,55,57-60H2,1-5H3,(H-,64,67,68,69)/b31-30-,56-54+. The number of nitrogens with one attached hydrogen (secondary N) is 1. The summed E-state index contributed by atoms with van der Waals surface area (Å²) in [5.74, 6) is -0.191. The maximum atomic E-state index is 13.0. The molecule has 0 aliphatic heterocycles. The van der Waals surface area contributed by atoms with Crippen molar-refractivity contribution >= 4 is 13.7 Å². The number of likely N-dealkylation sites (N-methyl/N-ethyl adjacent to an activating group) is 1. The predicted molar refractivity (Wildman–Crippen MR) is 312 cm³/mol. The minimum absolute atomic E-state index is 0.00128. The van der Waals surface area contributed by atoms with Crippen LogP contribution in [0.3, 0.4) is 0 Å². The van der Waals surface area contributed by atoms with Crippen LogP contribution in [0.4, 0.5) is 0 Å². The monoisotopic (exact) mass is 1040 g/mol. The quantitative estimate of drug-likeness (QED) is 0.0272. The Balaban J connectivity index is 4.08. The van der Waals surface area contributed by atoms with Gasteiger partial charge in [0.15, 0.2) is 0 Å². The van der Waals surface area contributed by atoms with Crippen molar-refractivity contribution in [2.45, 2.75) is 334 Å². The molecule has 2 N–H and O–H groups in total. The lowest BCUT2D eigenvalue weighted by atomic mass is 10.0. The van der Waals surface area contributed by atoms with E-state index in [4.69, 9.17) is 9.05 Å². The number of nitrogens with zero attached hydrogens (tertiary/aromatic N) is 1. The molecule has 72 heavy (non-hydrogen) atoms. The van der Waals surface area contributed by atoms with E-state index in [1.54, 1.807) is 6.08 Å². The van der Waals surface area contributed by atoms with E-state index in [0.717, 1.165) is 38.5 Å². The fourth-order valence-corrected chi connectivity index (χ4v) is 10.4. The highest BCUT2D eigenvalue weighted by Gasteiger charge is 2.23. The number of phosphoric ester groups is 1. The molecular weight excluding hydrogens is 912 g/mol. The molecule has 0 aromatic heterocycles. The number of carbonyl (C=O) groups is 1. The molecule has 8 nitrogen and oxygen atoms in total. The fraction of sp³-hybridized carbons (Fsp3) is 0.921. The first kappa shape index (κ1) is 71.0. The third kappa shape index (κ3) is 56.7. The number of hydrogen-bond donors (Lipinski definition) is 2. The summed E-state index contributed by atoms with van der Waals surface area (Å²) < 4.78 is 23.4. The van der Waals surface area contributed by atoms with Crippen molar-refractivity contribution in [3.8, 4) is 0 Å². The van der Waals surface area contributed by atoms with Crippen molar-refractivity contribution in [2.75, 3.05) is 40.9 Å². The molecule has 0 aromatic carbocycles. The van der Waals surface area contributed by atoms with Gasteiger partial charge in [-0.25, -0.2) is 0 Å². The van der Waals surface area contributed by atoms with E-state index in [1.807, 2.05) is 27.2 Å². The normalized spacial score (nSPS) is 13.9. The number of quaternary nitrogens is 1. The molecule has 0 spiro atoms. The Bertz CT molecular complexity index is 1220. The summed E-state index contributed by atoms with van der Waals surface area (Å²) in [6, 6.07) is -0.885. The van der Waals surface area contributed by atoms with Crippen LogP contribution in [0, 0.1) is 0 Å². The molecule has 9 heteroatoms. The van der Waals surface area contributed by atoms with Gasteiger partial charge in [-0.05, 0) is 44.9 Å². The molecule has 0 radical (unpaired) electrons. The number of phosphoric acid groups is 1. The van der Waals surface area contributed by atoms with Crippen molar-refractivity contribution in [1.82, 2.24) is 5.32 Å². The Morgan fingerprint density at radius 2 is 0.764 bits per heavy atom. The topological polar surface area (TPSA) is 108 Å². The number of aliphatic hydroxyl groups is 1. The largest absolute Gasteiger partial charge is 0.756 e. The maximum Gasteiger partial charge on any atom is 0.268 e. The number of carbonyl (C=O) groups excluding carboxylic acids is 1. The van der Waals surface area contributed by atoms with Gasteiger partial charge in [-0.3, -0.25) is 9.36 Å². The Morgan fingerprint density at radius 1 is 0.472 bits per heavy atom. The van der Waals surface area contributed by atoms with Gasteiger partial charge in [0.25, 0.3) is 7.82 Å². The van der Waals surface area contributed by atoms with Gasteiger partial charge in [0.1, 0.15) is 13.2 Å². The first-order chi connectivity index (χ1) is 35.0. The van der Waals surface area contributed by atoms with Crippen LogP contribution in [0.15, 0.2) is 24.3 Å². The molecule has 1 amide bonds. The summed E-state index contributed by atoms with van der Waals surface area (Å²) in [6.07, 6.45) is 69.9. The second kappa shape index (κ2) is 54.8. The van der Waals surface area contributed by atoms with Gasteiger partial charge < -0.3 is 28.8 Å². The average Bonchev–Trinajstić information content (AvgIpc) is 3.34. The van der Waals surface area contributed by atoms with Crippen LogP contribution >= 0.6 is 7.82 Å². The van der Waals surface area contributed by atoms with Gasteiger partial charge in [-0.2, -0.15) is 0 Å². The van der Waals surface area contributed by atoms with Crippen LogP contribution < -0.4 is 10.2 Å². The van der Waals surface area contributed by atoms with E-state index < -0.39 is 20.0 Å². The van der Waals surface area contributed by atoms with Crippen molar-refractivity contribution < 1.29 is 32.9 Å². The summed E-state index contributed by atoms with van der Waals surface area (Å²) >= 11 is 0. The second-order valence-corrected chi connectivity index (χ2v) is 24.5. The number of allylic oxidation sites excluding steroid dienone is 3. The highest BCUT2D eigenvalue weighted by molar-refractivity contribution is 7.45. The molecule has 3 unspecified atom stereocenters. The molecule has 0 bridgehead atoms. The van der Waals surface area contributed by atoms with Gasteiger partial charge in [0.2, 0.25) is 5.91 Å². The molecule has 0 fully saturated rings. The van der Waals surface area contributed by atoms with Gasteiger partial charge in [0.05, 0.1) is 39.9 Å². The minimum atomic E-state index is -4.60. The molecule has 428 valence electrons.